The Hall–Kier alpha value is -3.58. The van der Waals surface area contributed by atoms with E-state index in [1.807, 2.05) is 30.3 Å². The van der Waals surface area contributed by atoms with E-state index < -0.39 is 5.97 Å². The summed E-state index contributed by atoms with van der Waals surface area (Å²) in [5, 5.41) is 14.2. The van der Waals surface area contributed by atoms with Gasteiger partial charge in [-0.2, -0.15) is 0 Å². The van der Waals surface area contributed by atoms with Crippen molar-refractivity contribution in [3.8, 4) is 11.5 Å². The zero-order valence-electron chi connectivity index (χ0n) is 25.4. The van der Waals surface area contributed by atoms with E-state index in [2.05, 4.69) is 23.7 Å². The van der Waals surface area contributed by atoms with E-state index in [1.165, 1.54) is 32.1 Å². The zero-order chi connectivity index (χ0) is 29.6. The van der Waals surface area contributed by atoms with Gasteiger partial charge >= 0.3 is 5.97 Å². The first kappa shape index (κ1) is 29.9. The molecule has 2 aromatic heterocycles. The Morgan fingerprint density at radius 3 is 2.43 bits per heavy atom. The molecular formula is C35H44N2O5. The molecule has 1 aliphatic carbocycles. The average molecular weight is 573 g/mol. The van der Waals surface area contributed by atoms with Crippen LogP contribution < -0.4 is 4.74 Å². The van der Waals surface area contributed by atoms with Crippen molar-refractivity contribution < 1.29 is 23.8 Å². The molecule has 1 saturated carbocycles. The number of aromatic hydroxyl groups is 1. The fourth-order valence-corrected chi connectivity index (χ4v) is 6.60. The molecule has 1 unspecified atom stereocenters. The largest absolute Gasteiger partial charge is 0.507 e. The minimum absolute atomic E-state index is 0.131. The lowest BCUT2D eigenvalue weighted by Gasteiger charge is -2.33. The van der Waals surface area contributed by atoms with Gasteiger partial charge in [0.1, 0.15) is 28.4 Å². The van der Waals surface area contributed by atoms with Crippen molar-refractivity contribution in [1.82, 2.24) is 9.88 Å². The Kier molecular flexibility index (Phi) is 9.68. The van der Waals surface area contributed by atoms with E-state index >= 15 is 0 Å². The van der Waals surface area contributed by atoms with Gasteiger partial charge in [-0.15, -0.1) is 0 Å². The van der Waals surface area contributed by atoms with Crippen LogP contribution in [0.1, 0.15) is 99.0 Å². The van der Waals surface area contributed by atoms with Crippen LogP contribution in [0.4, 0.5) is 0 Å². The van der Waals surface area contributed by atoms with Crippen molar-refractivity contribution in [3.63, 3.8) is 0 Å². The van der Waals surface area contributed by atoms with Gasteiger partial charge in [0.05, 0.1) is 19.3 Å². The predicted octanol–water partition coefficient (Wildman–Crippen LogP) is 8.34. The standard InChI is InChI=1S/C35H44N2O5/c1-5-19-37(20-6-2)32(25-15-17-36-18-16-25)31-30-29(35(39)40-7-3)23(4)42-34(30)27-14-13-26(21-28(27)33(31)38)41-22-24-11-9-8-10-12-24/h13-18,21,24,32,38H,5-12,19-20,22H2,1-4H3. The second-order valence-electron chi connectivity index (χ2n) is 11.5. The summed E-state index contributed by atoms with van der Waals surface area (Å²) in [5.74, 6) is 1.44. The van der Waals surface area contributed by atoms with Gasteiger partial charge in [-0.05, 0) is 94.4 Å². The minimum Gasteiger partial charge on any atom is -0.507 e. The van der Waals surface area contributed by atoms with Crippen LogP contribution in [0, 0.1) is 12.8 Å². The van der Waals surface area contributed by atoms with Crippen LogP contribution in [0.2, 0.25) is 0 Å². The number of benzene rings is 2. The number of aromatic nitrogens is 1. The molecule has 0 saturated heterocycles. The molecule has 7 heteroatoms. The van der Waals surface area contributed by atoms with Gasteiger partial charge in [-0.1, -0.05) is 33.1 Å². The highest BCUT2D eigenvalue weighted by Crippen LogP contribution is 2.48. The van der Waals surface area contributed by atoms with Crippen LogP contribution in [0.3, 0.4) is 0 Å². The Bertz CT molecular complexity index is 1500. The number of rotatable bonds is 12. The molecule has 0 aliphatic heterocycles. The molecule has 1 N–H and O–H groups in total. The SMILES string of the molecule is CCCN(CCC)C(c1ccncc1)c1c(O)c2cc(OCC3CCCCC3)ccc2c2oc(C)c(C(=O)OCC)c12. The number of furan rings is 1. The maximum atomic E-state index is 13.4. The van der Waals surface area contributed by atoms with Crippen molar-refractivity contribution in [2.24, 2.45) is 5.92 Å². The lowest BCUT2D eigenvalue weighted by Crippen LogP contribution is -2.31. The van der Waals surface area contributed by atoms with Crippen LogP contribution in [0.5, 0.6) is 11.5 Å². The number of hydrogen-bond acceptors (Lipinski definition) is 7. The highest BCUT2D eigenvalue weighted by atomic mass is 16.5. The van der Waals surface area contributed by atoms with Crippen LogP contribution in [-0.4, -0.2) is 47.3 Å². The lowest BCUT2D eigenvalue weighted by atomic mass is 9.88. The van der Waals surface area contributed by atoms with E-state index in [0.29, 0.717) is 45.8 Å². The Morgan fingerprint density at radius 1 is 1.05 bits per heavy atom. The number of fused-ring (bicyclic) bond motifs is 3. The summed E-state index contributed by atoms with van der Waals surface area (Å²) in [6.45, 7) is 10.4. The van der Waals surface area contributed by atoms with E-state index in [-0.39, 0.29) is 18.4 Å². The molecule has 0 spiro atoms. The zero-order valence-corrected chi connectivity index (χ0v) is 25.4. The first-order chi connectivity index (χ1) is 20.5. The number of carbonyl (C=O) groups is 1. The Balaban J connectivity index is 1.76. The summed E-state index contributed by atoms with van der Waals surface area (Å²) in [6.07, 6.45) is 11.7. The number of esters is 1. The molecule has 5 rings (SSSR count). The molecule has 2 aromatic carbocycles. The molecule has 1 atom stereocenters. The monoisotopic (exact) mass is 572 g/mol. The molecule has 0 amide bonds. The highest BCUT2D eigenvalue weighted by molar-refractivity contribution is 6.17. The molecular weight excluding hydrogens is 528 g/mol. The first-order valence-corrected chi connectivity index (χ1v) is 15.6. The second-order valence-corrected chi connectivity index (χ2v) is 11.5. The molecule has 4 aromatic rings. The summed E-state index contributed by atoms with van der Waals surface area (Å²) in [5.41, 5.74) is 2.57. The number of pyridine rings is 1. The van der Waals surface area contributed by atoms with E-state index in [1.54, 1.807) is 26.2 Å². The molecule has 1 aliphatic rings. The highest BCUT2D eigenvalue weighted by Gasteiger charge is 2.33. The fraction of sp³-hybridized carbons (Fsp3) is 0.486. The van der Waals surface area contributed by atoms with Gasteiger partial charge < -0.3 is 19.0 Å². The Morgan fingerprint density at radius 2 is 1.76 bits per heavy atom. The molecule has 1 fully saturated rings. The smallest absolute Gasteiger partial charge is 0.342 e. The molecule has 2 heterocycles. The summed E-state index contributed by atoms with van der Waals surface area (Å²) < 4.78 is 18.2. The summed E-state index contributed by atoms with van der Waals surface area (Å²) >= 11 is 0. The number of carbonyl (C=O) groups excluding carboxylic acids is 1. The average Bonchev–Trinajstić information content (AvgIpc) is 3.36. The third-order valence-corrected chi connectivity index (χ3v) is 8.47. The molecule has 7 nitrogen and oxygen atoms in total. The van der Waals surface area contributed by atoms with Crippen LogP contribution in [0.15, 0.2) is 47.1 Å². The maximum absolute atomic E-state index is 13.4. The quantitative estimate of drug-likeness (QED) is 0.171. The van der Waals surface area contributed by atoms with Crippen molar-refractivity contribution in [2.75, 3.05) is 26.3 Å². The summed E-state index contributed by atoms with van der Waals surface area (Å²) in [6, 6.07) is 9.43. The number of ether oxygens (including phenoxy) is 2. The van der Waals surface area contributed by atoms with Crippen molar-refractivity contribution >= 4 is 27.7 Å². The number of phenolic OH excluding ortho intramolecular Hbond substituents is 1. The third kappa shape index (κ3) is 5.98. The van der Waals surface area contributed by atoms with Crippen molar-refractivity contribution in [1.29, 1.82) is 0 Å². The van der Waals surface area contributed by atoms with Gasteiger partial charge in [0, 0.05) is 34.1 Å². The topological polar surface area (TPSA) is 85.0 Å². The van der Waals surface area contributed by atoms with Gasteiger partial charge in [0.2, 0.25) is 0 Å². The summed E-state index contributed by atoms with van der Waals surface area (Å²) in [4.78, 5) is 20.0. The van der Waals surface area contributed by atoms with Crippen LogP contribution >= 0.6 is 0 Å². The number of aryl methyl sites for hydroxylation is 1. The molecule has 42 heavy (non-hydrogen) atoms. The Labute approximate surface area is 248 Å². The predicted molar refractivity (Wildman–Crippen MR) is 166 cm³/mol. The van der Waals surface area contributed by atoms with Gasteiger partial charge in [-0.3, -0.25) is 9.88 Å². The third-order valence-electron chi connectivity index (χ3n) is 8.47. The number of phenols is 1. The first-order valence-electron chi connectivity index (χ1n) is 15.6. The van der Waals surface area contributed by atoms with Gasteiger partial charge in [0.25, 0.3) is 0 Å². The van der Waals surface area contributed by atoms with E-state index in [9.17, 15) is 9.90 Å². The fourth-order valence-electron chi connectivity index (χ4n) is 6.60. The number of nitrogens with zero attached hydrogens (tertiary/aromatic N) is 2. The molecule has 0 radical (unpaired) electrons. The van der Waals surface area contributed by atoms with Crippen molar-refractivity contribution in [3.05, 3.63) is 65.2 Å². The van der Waals surface area contributed by atoms with Gasteiger partial charge in [-0.25, -0.2) is 4.79 Å². The van der Waals surface area contributed by atoms with Crippen LogP contribution in [0.25, 0.3) is 21.7 Å². The summed E-state index contributed by atoms with van der Waals surface area (Å²) in [7, 11) is 0. The van der Waals surface area contributed by atoms with Gasteiger partial charge in [0.15, 0.2) is 0 Å². The molecule has 224 valence electrons. The van der Waals surface area contributed by atoms with Crippen LogP contribution in [-0.2, 0) is 4.74 Å². The normalized spacial score (nSPS) is 15.0. The lowest BCUT2D eigenvalue weighted by molar-refractivity contribution is 0.0526. The maximum Gasteiger partial charge on any atom is 0.342 e. The molecule has 0 bridgehead atoms. The minimum atomic E-state index is -0.452. The van der Waals surface area contributed by atoms with Crippen molar-refractivity contribution in [2.45, 2.75) is 78.7 Å². The van der Waals surface area contributed by atoms with E-state index in [4.69, 9.17) is 13.9 Å². The number of hydrogen-bond donors (Lipinski definition) is 1. The second kappa shape index (κ2) is 13.6. The van der Waals surface area contributed by atoms with E-state index in [0.717, 1.165) is 42.6 Å².